The van der Waals surface area contributed by atoms with Gasteiger partial charge in [0.2, 0.25) is 0 Å². The number of nitrogens with zero attached hydrogens (tertiary/aromatic N) is 2. The molecular weight excluding hydrogens is 270 g/mol. The summed E-state index contributed by atoms with van der Waals surface area (Å²) in [5.41, 5.74) is 2.56. The van der Waals surface area contributed by atoms with Gasteiger partial charge in [-0.1, -0.05) is 17.7 Å². The molecule has 0 saturated carbocycles. The molecule has 0 amide bonds. The van der Waals surface area contributed by atoms with E-state index in [2.05, 4.69) is 61.1 Å². The van der Waals surface area contributed by atoms with Gasteiger partial charge in [-0.2, -0.15) is 0 Å². The number of hydrogen-bond acceptors (Lipinski definition) is 3. The van der Waals surface area contributed by atoms with Crippen LogP contribution in [0.4, 0.5) is 5.69 Å². The standard InChI is InChI=1S/C16H26ClN3/c1-12(18-4)13-6-7-15(14(17)10-13)20-9-8-19(5)16(2,3)11-20/h6-7,10,12,18H,8-9,11H2,1-5H3. The molecule has 4 heteroatoms. The van der Waals surface area contributed by atoms with E-state index in [-0.39, 0.29) is 5.54 Å². The summed E-state index contributed by atoms with van der Waals surface area (Å²) in [6.07, 6.45) is 0. The minimum absolute atomic E-state index is 0.179. The quantitative estimate of drug-likeness (QED) is 0.924. The van der Waals surface area contributed by atoms with Gasteiger partial charge in [0.15, 0.2) is 0 Å². The molecule has 0 aliphatic carbocycles. The molecule has 1 unspecified atom stereocenters. The van der Waals surface area contributed by atoms with Crippen LogP contribution in [0.15, 0.2) is 18.2 Å². The fourth-order valence-electron chi connectivity index (χ4n) is 2.66. The van der Waals surface area contributed by atoms with Crippen molar-refractivity contribution in [3.8, 4) is 0 Å². The van der Waals surface area contributed by atoms with Crippen LogP contribution in [0.2, 0.25) is 5.02 Å². The van der Waals surface area contributed by atoms with Crippen LogP contribution in [-0.4, -0.2) is 44.2 Å². The molecule has 1 saturated heterocycles. The van der Waals surface area contributed by atoms with Gasteiger partial charge >= 0.3 is 0 Å². The van der Waals surface area contributed by atoms with E-state index in [4.69, 9.17) is 11.6 Å². The van der Waals surface area contributed by atoms with Crippen molar-refractivity contribution in [2.24, 2.45) is 0 Å². The molecule has 1 atom stereocenters. The zero-order valence-electron chi connectivity index (χ0n) is 13.2. The van der Waals surface area contributed by atoms with Gasteiger partial charge in [-0.05, 0) is 52.6 Å². The van der Waals surface area contributed by atoms with Crippen molar-refractivity contribution in [1.29, 1.82) is 0 Å². The second-order valence-corrected chi connectivity index (χ2v) is 6.78. The first kappa shape index (κ1) is 15.6. The maximum Gasteiger partial charge on any atom is 0.0642 e. The lowest BCUT2D eigenvalue weighted by Gasteiger charge is -2.46. The molecule has 1 heterocycles. The highest BCUT2D eigenvalue weighted by molar-refractivity contribution is 6.33. The Kier molecular flexibility index (Phi) is 4.62. The maximum absolute atomic E-state index is 6.51. The molecule has 3 nitrogen and oxygen atoms in total. The molecule has 0 radical (unpaired) electrons. The lowest BCUT2D eigenvalue weighted by Crippen LogP contribution is -2.57. The summed E-state index contributed by atoms with van der Waals surface area (Å²) >= 11 is 6.51. The third-order valence-corrected chi connectivity index (χ3v) is 4.86. The highest BCUT2D eigenvalue weighted by atomic mass is 35.5. The zero-order chi connectivity index (χ0) is 14.9. The Morgan fingerprint density at radius 1 is 1.30 bits per heavy atom. The number of rotatable bonds is 3. The molecule has 2 rings (SSSR count). The van der Waals surface area contributed by atoms with Crippen LogP contribution >= 0.6 is 11.6 Å². The van der Waals surface area contributed by atoms with Crippen molar-refractivity contribution in [1.82, 2.24) is 10.2 Å². The normalized spacial score (nSPS) is 21.0. The molecule has 0 spiro atoms. The van der Waals surface area contributed by atoms with Crippen LogP contribution in [0.3, 0.4) is 0 Å². The summed E-state index contributed by atoms with van der Waals surface area (Å²) in [4.78, 5) is 4.81. The molecule has 0 aromatic heterocycles. The molecule has 0 bridgehead atoms. The van der Waals surface area contributed by atoms with Crippen molar-refractivity contribution < 1.29 is 0 Å². The third-order valence-electron chi connectivity index (χ3n) is 4.56. The van der Waals surface area contributed by atoms with Crippen LogP contribution < -0.4 is 10.2 Å². The van der Waals surface area contributed by atoms with Gasteiger partial charge in [-0.3, -0.25) is 4.90 Å². The van der Waals surface area contributed by atoms with Gasteiger partial charge in [-0.25, -0.2) is 0 Å². The van der Waals surface area contributed by atoms with Crippen molar-refractivity contribution >= 4 is 17.3 Å². The van der Waals surface area contributed by atoms with Gasteiger partial charge in [0.05, 0.1) is 10.7 Å². The molecule has 1 aliphatic rings. The van der Waals surface area contributed by atoms with Crippen LogP contribution in [0.5, 0.6) is 0 Å². The number of nitrogens with one attached hydrogen (secondary N) is 1. The van der Waals surface area contributed by atoms with Crippen LogP contribution in [0.25, 0.3) is 0 Å². The summed E-state index contributed by atoms with van der Waals surface area (Å²) in [6.45, 7) is 9.81. The second kappa shape index (κ2) is 5.92. The molecule has 20 heavy (non-hydrogen) atoms. The van der Waals surface area contributed by atoms with Gasteiger partial charge in [0, 0.05) is 31.2 Å². The lowest BCUT2D eigenvalue weighted by atomic mass is 9.99. The topological polar surface area (TPSA) is 18.5 Å². The lowest BCUT2D eigenvalue weighted by molar-refractivity contribution is 0.139. The van der Waals surface area contributed by atoms with Gasteiger partial charge in [0.25, 0.3) is 0 Å². The number of piperazine rings is 1. The Morgan fingerprint density at radius 3 is 2.55 bits per heavy atom. The highest BCUT2D eigenvalue weighted by Crippen LogP contribution is 2.32. The Labute approximate surface area is 127 Å². The Hall–Kier alpha value is -0.770. The van der Waals surface area contributed by atoms with Crippen molar-refractivity contribution in [2.45, 2.75) is 32.4 Å². The smallest absolute Gasteiger partial charge is 0.0642 e. The largest absolute Gasteiger partial charge is 0.367 e. The van der Waals surface area contributed by atoms with Gasteiger partial charge in [-0.15, -0.1) is 0 Å². The molecule has 112 valence electrons. The van der Waals surface area contributed by atoms with Crippen molar-refractivity contribution in [3.63, 3.8) is 0 Å². The summed E-state index contributed by atoms with van der Waals surface area (Å²) in [5, 5.41) is 4.10. The van der Waals surface area contributed by atoms with Crippen LogP contribution in [0.1, 0.15) is 32.4 Å². The molecule has 1 aromatic carbocycles. The first-order chi connectivity index (χ1) is 9.35. The van der Waals surface area contributed by atoms with E-state index >= 15 is 0 Å². The molecule has 1 N–H and O–H groups in total. The third kappa shape index (κ3) is 3.11. The SMILES string of the molecule is CNC(C)c1ccc(N2CCN(C)C(C)(C)C2)c(Cl)c1. The first-order valence-electron chi connectivity index (χ1n) is 7.28. The van der Waals surface area contributed by atoms with E-state index in [1.807, 2.05) is 7.05 Å². The monoisotopic (exact) mass is 295 g/mol. The fraction of sp³-hybridized carbons (Fsp3) is 0.625. The molecule has 1 aliphatic heterocycles. The molecule has 1 fully saturated rings. The summed E-state index contributed by atoms with van der Waals surface area (Å²) in [6, 6.07) is 6.75. The summed E-state index contributed by atoms with van der Waals surface area (Å²) in [5.74, 6) is 0. The van der Waals surface area contributed by atoms with Crippen molar-refractivity contribution in [2.75, 3.05) is 38.6 Å². The van der Waals surface area contributed by atoms with E-state index in [0.717, 1.165) is 30.3 Å². The number of likely N-dealkylation sites (N-methyl/N-ethyl adjacent to an activating group) is 1. The maximum atomic E-state index is 6.51. The average Bonchev–Trinajstić information content (AvgIpc) is 2.41. The molecular formula is C16H26ClN3. The van der Waals surface area contributed by atoms with Crippen LogP contribution in [0, 0.1) is 0 Å². The van der Waals surface area contributed by atoms with Crippen molar-refractivity contribution in [3.05, 3.63) is 28.8 Å². The number of halogens is 1. The van der Waals surface area contributed by atoms with E-state index in [1.54, 1.807) is 0 Å². The first-order valence-corrected chi connectivity index (χ1v) is 7.66. The highest BCUT2D eigenvalue weighted by Gasteiger charge is 2.31. The molecule has 1 aromatic rings. The Morgan fingerprint density at radius 2 is 2.00 bits per heavy atom. The number of hydrogen-bond donors (Lipinski definition) is 1. The van der Waals surface area contributed by atoms with E-state index in [1.165, 1.54) is 5.56 Å². The van der Waals surface area contributed by atoms with E-state index in [0.29, 0.717) is 6.04 Å². The average molecular weight is 296 g/mol. The minimum atomic E-state index is 0.179. The predicted octanol–water partition coefficient (Wildman–Crippen LogP) is 3.15. The zero-order valence-corrected chi connectivity index (χ0v) is 14.0. The number of benzene rings is 1. The minimum Gasteiger partial charge on any atom is -0.367 e. The van der Waals surface area contributed by atoms with E-state index < -0.39 is 0 Å². The van der Waals surface area contributed by atoms with Gasteiger partial charge in [0.1, 0.15) is 0 Å². The number of anilines is 1. The predicted molar refractivity (Wildman–Crippen MR) is 87.8 cm³/mol. The summed E-state index contributed by atoms with van der Waals surface area (Å²) < 4.78 is 0. The fourth-order valence-corrected chi connectivity index (χ4v) is 2.97. The Bertz CT molecular complexity index is 473. The second-order valence-electron chi connectivity index (χ2n) is 6.38. The van der Waals surface area contributed by atoms with Crippen LogP contribution in [-0.2, 0) is 0 Å². The van der Waals surface area contributed by atoms with E-state index in [9.17, 15) is 0 Å². The summed E-state index contributed by atoms with van der Waals surface area (Å²) in [7, 11) is 4.16. The Balaban J connectivity index is 2.21. The van der Waals surface area contributed by atoms with Gasteiger partial charge < -0.3 is 10.2 Å².